The smallest absolute Gasteiger partial charge is 0.255 e. The predicted octanol–water partition coefficient (Wildman–Crippen LogP) is 2.80. The third-order valence-corrected chi connectivity index (χ3v) is 4.30. The summed E-state index contributed by atoms with van der Waals surface area (Å²) in [5.74, 6) is -0.0381. The fourth-order valence-corrected chi connectivity index (χ4v) is 3.12. The molecule has 1 fully saturated rings. The lowest BCUT2D eigenvalue weighted by Crippen LogP contribution is -2.55. The van der Waals surface area contributed by atoms with Gasteiger partial charge in [0, 0.05) is 37.1 Å². The zero-order valence-electron chi connectivity index (χ0n) is 11.4. The monoisotopic (exact) mass is 358 g/mol. The average Bonchev–Trinajstić information content (AvgIpc) is 2.37. The minimum atomic E-state index is -0.0850. The van der Waals surface area contributed by atoms with Gasteiger partial charge in [0.05, 0.1) is 10.6 Å². The fourth-order valence-electron chi connectivity index (χ4n) is 2.36. The highest BCUT2D eigenvalue weighted by Crippen LogP contribution is 2.24. The zero-order chi connectivity index (χ0) is 14.9. The summed E-state index contributed by atoms with van der Waals surface area (Å²) >= 11 is 9.45. The summed E-state index contributed by atoms with van der Waals surface area (Å²) in [5.41, 5.74) is 0.498. The standard InChI is InChI=1S/C14H16BrClN2O2/c1-9-8-17(10(2)19)5-6-18(9)14(20)12-4-3-11(15)7-13(12)16/h3-4,7,9H,5-6,8H2,1-2H3. The van der Waals surface area contributed by atoms with Crippen molar-refractivity contribution in [1.29, 1.82) is 0 Å². The first-order valence-electron chi connectivity index (χ1n) is 6.41. The normalized spacial score (nSPS) is 19.1. The molecule has 0 spiro atoms. The number of carbonyl (C=O) groups is 2. The number of halogens is 2. The number of rotatable bonds is 1. The Labute approximate surface area is 131 Å². The topological polar surface area (TPSA) is 40.6 Å². The van der Waals surface area contributed by atoms with Gasteiger partial charge in [0.1, 0.15) is 0 Å². The van der Waals surface area contributed by atoms with Gasteiger partial charge in [-0.1, -0.05) is 27.5 Å². The van der Waals surface area contributed by atoms with Crippen LogP contribution >= 0.6 is 27.5 Å². The van der Waals surface area contributed by atoms with Crippen LogP contribution in [0.1, 0.15) is 24.2 Å². The van der Waals surface area contributed by atoms with Crippen molar-refractivity contribution in [2.45, 2.75) is 19.9 Å². The highest BCUT2D eigenvalue weighted by Gasteiger charge is 2.29. The number of benzene rings is 1. The van der Waals surface area contributed by atoms with Crippen molar-refractivity contribution in [3.8, 4) is 0 Å². The molecule has 20 heavy (non-hydrogen) atoms. The molecular weight excluding hydrogens is 344 g/mol. The second-order valence-electron chi connectivity index (χ2n) is 4.94. The van der Waals surface area contributed by atoms with E-state index in [-0.39, 0.29) is 17.9 Å². The highest BCUT2D eigenvalue weighted by atomic mass is 79.9. The maximum Gasteiger partial charge on any atom is 0.255 e. The van der Waals surface area contributed by atoms with Crippen LogP contribution in [0.3, 0.4) is 0 Å². The Balaban J connectivity index is 2.16. The van der Waals surface area contributed by atoms with E-state index in [0.29, 0.717) is 30.2 Å². The Morgan fingerprint density at radius 3 is 2.60 bits per heavy atom. The SMILES string of the molecule is CC(=O)N1CCN(C(=O)c2ccc(Br)cc2Cl)C(C)C1. The van der Waals surface area contributed by atoms with Crippen LogP contribution in [0, 0.1) is 0 Å². The van der Waals surface area contributed by atoms with Gasteiger partial charge >= 0.3 is 0 Å². The molecule has 0 radical (unpaired) electrons. The van der Waals surface area contributed by atoms with Crippen LogP contribution in [0.25, 0.3) is 0 Å². The van der Waals surface area contributed by atoms with Gasteiger partial charge in [-0.05, 0) is 25.1 Å². The molecule has 0 N–H and O–H groups in total. The van der Waals surface area contributed by atoms with Crippen LogP contribution < -0.4 is 0 Å². The predicted molar refractivity (Wildman–Crippen MR) is 81.9 cm³/mol. The molecule has 1 aromatic carbocycles. The molecule has 1 aromatic rings. The minimum absolute atomic E-state index is 0.0140. The summed E-state index contributed by atoms with van der Waals surface area (Å²) < 4.78 is 0.841. The molecule has 1 aliphatic rings. The van der Waals surface area contributed by atoms with E-state index < -0.39 is 0 Å². The third-order valence-electron chi connectivity index (χ3n) is 3.50. The van der Waals surface area contributed by atoms with E-state index in [9.17, 15) is 9.59 Å². The molecule has 6 heteroatoms. The van der Waals surface area contributed by atoms with E-state index >= 15 is 0 Å². The summed E-state index contributed by atoms with van der Waals surface area (Å²) in [4.78, 5) is 27.5. The van der Waals surface area contributed by atoms with Crippen LogP contribution in [0.4, 0.5) is 0 Å². The number of amides is 2. The maximum absolute atomic E-state index is 12.5. The molecule has 108 valence electrons. The van der Waals surface area contributed by atoms with E-state index in [2.05, 4.69) is 15.9 Å². The third kappa shape index (κ3) is 3.15. The molecule has 1 saturated heterocycles. The molecule has 1 aliphatic heterocycles. The Hall–Kier alpha value is -1.07. The highest BCUT2D eigenvalue weighted by molar-refractivity contribution is 9.10. The van der Waals surface area contributed by atoms with Gasteiger partial charge in [0.2, 0.25) is 5.91 Å². The van der Waals surface area contributed by atoms with Crippen molar-refractivity contribution in [2.24, 2.45) is 0 Å². The Morgan fingerprint density at radius 1 is 1.35 bits per heavy atom. The van der Waals surface area contributed by atoms with Gasteiger partial charge in [-0.2, -0.15) is 0 Å². The van der Waals surface area contributed by atoms with Crippen molar-refractivity contribution in [3.05, 3.63) is 33.3 Å². The lowest BCUT2D eigenvalue weighted by Gasteiger charge is -2.39. The quantitative estimate of drug-likeness (QED) is 0.773. The first-order valence-corrected chi connectivity index (χ1v) is 7.58. The Morgan fingerprint density at radius 2 is 2.05 bits per heavy atom. The second-order valence-corrected chi connectivity index (χ2v) is 6.26. The summed E-state index contributed by atoms with van der Waals surface area (Å²) in [5, 5.41) is 0.436. The van der Waals surface area contributed by atoms with Crippen LogP contribution in [0.5, 0.6) is 0 Å². The Kier molecular flexibility index (Phi) is 4.70. The van der Waals surface area contributed by atoms with Crippen LogP contribution in [-0.2, 0) is 4.79 Å². The maximum atomic E-state index is 12.5. The molecule has 0 aliphatic carbocycles. The summed E-state index contributed by atoms with van der Waals surface area (Å²) in [6, 6.07) is 5.22. The average molecular weight is 360 g/mol. The molecule has 0 bridgehead atoms. The van der Waals surface area contributed by atoms with E-state index in [1.54, 1.807) is 34.9 Å². The Bertz CT molecular complexity index is 550. The van der Waals surface area contributed by atoms with Gasteiger partial charge in [0.25, 0.3) is 5.91 Å². The summed E-state index contributed by atoms with van der Waals surface area (Å²) in [7, 11) is 0. The molecule has 2 amide bonds. The van der Waals surface area contributed by atoms with E-state index in [0.717, 1.165) is 4.47 Å². The summed E-state index contributed by atoms with van der Waals surface area (Å²) in [6.45, 7) is 5.16. The van der Waals surface area contributed by atoms with Gasteiger partial charge in [-0.15, -0.1) is 0 Å². The molecular formula is C14H16BrClN2O2. The van der Waals surface area contributed by atoms with Crippen molar-refractivity contribution in [2.75, 3.05) is 19.6 Å². The van der Waals surface area contributed by atoms with Crippen LogP contribution in [0.2, 0.25) is 5.02 Å². The first kappa shape index (κ1) is 15.3. The molecule has 1 unspecified atom stereocenters. The van der Waals surface area contributed by atoms with Crippen molar-refractivity contribution >= 4 is 39.3 Å². The number of piperazine rings is 1. The number of carbonyl (C=O) groups excluding carboxylic acids is 2. The van der Waals surface area contributed by atoms with Crippen LogP contribution in [0.15, 0.2) is 22.7 Å². The fraction of sp³-hybridized carbons (Fsp3) is 0.429. The first-order chi connectivity index (χ1) is 9.40. The lowest BCUT2D eigenvalue weighted by molar-refractivity contribution is -0.131. The minimum Gasteiger partial charge on any atom is -0.339 e. The van der Waals surface area contributed by atoms with Gasteiger partial charge in [0.15, 0.2) is 0 Å². The van der Waals surface area contributed by atoms with Gasteiger partial charge < -0.3 is 9.80 Å². The number of hydrogen-bond donors (Lipinski definition) is 0. The van der Waals surface area contributed by atoms with E-state index in [1.165, 1.54) is 0 Å². The summed E-state index contributed by atoms with van der Waals surface area (Å²) in [6.07, 6.45) is 0. The van der Waals surface area contributed by atoms with Gasteiger partial charge in [-0.3, -0.25) is 9.59 Å². The molecule has 1 heterocycles. The van der Waals surface area contributed by atoms with Crippen molar-refractivity contribution in [1.82, 2.24) is 9.80 Å². The largest absolute Gasteiger partial charge is 0.339 e. The molecule has 4 nitrogen and oxygen atoms in total. The zero-order valence-corrected chi connectivity index (χ0v) is 13.7. The molecule has 1 atom stereocenters. The second kappa shape index (κ2) is 6.14. The van der Waals surface area contributed by atoms with Gasteiger partial charge in [-0.25, -0.2) is 0 Å². The van der Waals surface area contributed by atoms with Crippen LogP contribution in [-0.4, -0.2) is 47.3 Å². The molecule has 2 rings (SSSR count). The van der Waals surface area contributed by atoms with E-state index in [1.807, 2.05) is 6.92 Å². The van der Waals surface area contributed by atoms with Crippen molar-refractivity contribution in [3.63, 3.8) is 0 Å². The number of hydrogen-bond acceptors (Lipinski definition) is 2. The van der Waals surface area contributed by atoms with E-state index in [4.69, 9.17) is 11.6 Å². The van der Waals surface area contributed by atoms with Crippen molar-refractivity contribution < 1.29 is 9.59 Å². The number of nitrogens with zero attached hydrogens (tertiary/aromatic N) is 2. The lowest BCUT2D eigenvalue weighted by atomic mass is 10.1. The molecule has 0 saturated carbocycles. The molecule has 0 aromatic heterocycles.